The fraction of sp³-hybridized carbons (Fsp3) is 0.440. The number of carboxylic acids is 1. The van der Waals surface area contributed by atoms with Crippen molar-refractivity contribution in [3.63, 3.8) is 0 Å². The van der Waals surface area contributed by atoms with Gasteiger partial charge in [-0.2, -0.15) is 0 Å². The Kier molecular flexibility index (Phi) is 8.91. The van der Waals surface area contributed by atoms with Gasteiger partial charge in [0.05, 0.1) is 30.8 Å². The Morgan fingerprint density at radius 2 is 2.24 bits per heavy atom. The number of aliphatic carboxylic acids is 1. The number of rotatable bonds is 9. The highest BCUT2D eigenvalue weighted by atomic mass is 35.5. The van der Waals surface area contributed by atoms with Crippen LogP contribution in [0.15, 0.2) is 46.0 Å². The van der Waals surface area contributed by atoms with Gasteiger partial charge in [-0.15, -0.1) is 11.3 Å². The number of halogens is 2. The molecule has 1 unspecified atom stereocenters. The number of amidine groups is 1. The van der Waals surface area contributed by atoms with E-state index in [0.717, 1.165) is 0 Å². The van der Waals surface area contributed by atoms with E-state index in [4.69, 9.17) is 26.1 Å². The number of carboxylic acid groups (broad SMARTS) is 1. The highest BCUT2D eigenvalue weighted by Gasteiger charge is 2.35. The highest BCUT2D eigenvalue weighted by molar-refractivity contribution is 7.11. The molecule has 0 saturated carbocycles. The number of carbonyl (C=O) groups is 2. The number of carbonyl (C=O) groups excluding carboxylic acids is 1. The number of aliphatic imine (C=N–C) groups is 1. The van der Waals surface area contributed by atoms with Crippen LogP contribution in [0.5, 0.6) is 0 Å². The molecule has 1 aromatic carbocycles. The highest BCUT2D eigenvalue weighted by Crippen LogP contribution is 2.37. The predicted molar refractivity (Wildman–Crippen MR) is 137 cm³/mol. The number of hydrogen-bond donors (Lipinski definition) is 2. The van der Waals surface area contributed by atoms with Crippen LogP contribution in [-0.4, -0.2) is 71.7 Å². The van der Waals surface area contributed by atoms with Gasteiger partial charge in [0.25, 0.3) is 0 Å². The molecule has 0 radical (unpaired) electrons. The molecular formula is C25H28ClFN4O5S. The summed E-state index contributed by atoms with van der Waals surface area (Å²) in [5, 5.41) is 15.2. The predicted octanol–water partition coefficient (Wildman–Crippen LogP) is 3.66. The topological polar surface area (TPSA) is 113 Å². The zero-order chi connectivity index (χ0) is 26.5. The molecule has 1 fully saturated rings. The smallest absolute Gasteiger partial charge is 0.338 e. The van der Waals surface area contributed by atoms with Crippen molar-refractivity contribution in [2.45, 2.75) is 32.4 Å². The van der Waals surface area contributed by atoms with Crippen molar-refractivity contribution in [2.24, 2.45) is 10.9 Å². The number of aromatic nitrogens is 1. The molecule has 2 aromatic rings. The van der Waals surface area contributed by atoms with Crippen molar-refractivity contribution in [1.82, 2.24) is 15.2 Å². The third-order valence-electron chi connectivity index (χ3n) is 6.16. The second-order valence-corrected chi connectivity index (χ2v) is 10.1. The molecule has 9 nitrogen and oxygen atoms in total. The van der Waals surface area contributed by atoms with Crippen LogP contribution in [0.1, 0.15) is 36.9 Å². The molecule has 1 saturated heterocycles. The molecule has 198 valence electrons. The number of hydrogen-bond acceptors (Lipinski definition) is 9. The standard InChI is InChI=1S/C25H28ClFN4O5S/c1-3-35-25(34)20-19(13-31-7-8-36-16(12-31)10-14(2)24(32)33)29-22(23-28-6-9-37-23)30-21(20)17-5-4-15(27)11-18(17)26/h4-6,9,11,14,16,21H,3,7-8,10,12-13H2,1-2H3,(H,29,30)(H,32,33)/t14?,16-,21+/m1/s1. The summed E-state index contributed by atoms with van der Waals surface area (Å²) in [5.41, 5.74) is 1.31. The van der Waals surface area contributed by atoms with E-state index in [1.54, 1.807) is 20.0 Å². The molecule has 3 heterocycles. The quantitative estimate of drug-likeness (QED) is 0.455. The third-order valence-corrected chi connectivity index (χ3v) is 7.26. The van der Waals surface area contributed by atoms with Crippen molar-refractivity contribution in [1.29, 1.82) is 0 Å². The van der Waals surface area contributed by atoms with Gasteiger partial charge in [-0.3, -0.25) is 14.7 Å². The van der Waals surface area contributed by atoms with Gasteiger partial charge >= 0.3 is 11.9 Å². The number of nitrogens with one attached hydrogen (secondary N) is 1. The van der Waals surface area contributed by atoms with E-state index >= 15 is 0 Å². The van der Waals surface area contributed by atoms with Crippen LogP contribution in [0, 0.1) is 11.7 Å². The van der Waals surface area contributed by atoms with Gasteiger partial charge < -0.3 is 19.9 Å². The van der Waals surface area contributed by atoms with Crippen molar-refractivity contribution in [3.05, 3.63) is 62.5 Å². The molecule has 4 rings (SSSR count). The van der Waals surface area contributed by atoms with Gasteiger partial charge in [0.15, 0.2) is 10.8 Å². The van der Waals surface area contributed by atoms with E-state index in [1.807, 2.05) is 5.38 Å². The minimum absolute atomic E-state index is 0.143. The Hall–Kier alpha value is -2.86. The van der Waals surface area contributed by atoms with Crippen LogP contribution < -0.4 is 5.32 Å². The first kappa shape index (κ1) is 27.2. The van der Waals surface area contributed by atoms with Gasteiger partial charge in [-0.05, 0) is 25.5 Å². The fourth-order valence-electron chi connectivity index (χ4n) is 4.35. The molecule has 2 aliphatic rings. The van der Waals surface area contributed by atoms with Crippen molar-refractivity contribution >= 4 is 40.7 Å². The van der Waals surface area contributed by atoms with Crippen molar-refractivity contribution in [2.75, 3.05) is 32.8 Å². The van der Waals surface area contributed by atoms with Gasteiger partial charge in [0, 0.05) is 47.5 Å². The normalized spacial score (nSPS) is 21.2. The number of morpholine rings is 1. The summed E-state index contributed by atoms with van der Waals surface area (Å²) in [5.74, 6) is -2.00. The maximum Gasteiger partial charge on any atom is 0.338 e. The van der Waals surface area contributed by atoms with E-state index < -0.39 is 29.7 Å². The number of thiazole rings is 1. The second kappa shape index (κ2) is 12.1. The molecule has 0 aliphatic carbocycles. The first-order valence-electron chi connectivity index (χ1n) is 11.9. The van der Waals surface area contributed by atoms with E-state index in [1.165, 1.54) is 29.5 Å². The molecule has 0 bridgehead atoms. The van der Waals surface area contributed by atoms with Crippen LogP contribution in [0.2, 0.25) is 5.02 Å². The molecule has 2 aliphatic heterocycles. The molecule has 3 atom stereocenters. The molecule has 2 N–H and O–H groups in total. The summed E-state index contributed by atoms with van der Waals surface area (Å²) < 4.78 is 25.1. The zero-order valence-electron chi connectivity index (χ0n) is 20.4. The second-order valence-electron chi connectivity index (χ2n) is 8.82. The SMILES string of the molecule is CCOC(=O)C1=C(CN2CCO[C@H](CC(C)C(=O)O)C2)NC(c2nccs2)=N[C@H]1c1ccc(F)cc1Cl. The number of ether oxygens (including phenoxy) is 2. The lowest BCUT2D eigenvalue weighted by Gasteiger charge is -2.36. The number of benzene rings is 1. The first-order valence-corrected chi connectivity index (χ1v) is 13.2. The van der Waals surface area contributed by atoms with E-state index in [9.17, 15) is 19.1 Å². The maximum absolute atomic E-state index is 13.9. The minimum atomic E-state index is -0.870. The van der Waals surface area contributed by atoms with Gasteiger partial charge in [-0.1, -0.05) is 24.6 Å². The molecule has 12 heteroatoms. The minimum Gasteiger partial charge on any atom is -0.481 e. The zero-order valence-corrected chi connectivity index (χ0v) is 22.0. The summed E-state index contributed by atoms with van der Waals surface area (Å²) in [6.45, 7) is 5.37. The fourth-order valence-corrected chi connectivity index (χ4v) is 5.21. The molecule has 1 aromatic heterocycles. The van der Waals surface area contributed by atoms with Crippen molar-refractivity contribution in [3.8, 4) is 0 Å². The monoisotopic (exact) mass is 550 g/mol. The van der Waals surface area contributed by atoms with Crippen LogP contribution in [0.3, 0.4) is 0 Å². The molecule has 0 amide bonds. The Bertz CT molecular complexity index is 1210. The van der Waals surface area contributed by atoms with Crippen LogP contribution in [0.25, 0.3) is 0 Å². The number of nitrogens with zero attached hydrogens (tertiary/aromatic N) is 3. The van der Waals surface area contributed by atoms with Crippen molar-refractivity contribution < 1.29 is 28.6 Å². The van der Waals surface area contributed by atoms with Gasteiger partial charge in [0.2, 0.25) is 0 Å². The summed E-state index contributed by atoms with van der Waals surface area (Å²) in [6, 6.07) is 3.15. The average Bonchev–Trinajstić information content (AvgIpc) is 3.39. The average molecular weight is 551 g/mol. The van der Waals surface area contributed by atoms with Crippen LogP contribution in [-0.2, 0) is 19.1 Å². The molecule has 0 spiro atoms. The summed E-state index contributed by atoms with van der Waals surface area (Å²) in [6.07, 6.45) is 1.78. The first-order chi connectivity index (χ1) is 17.8. The van der Waals surface area contributed by atoms with Gasteiger partial charge in [0.1, 0.15) is 11.9 Å². The summed E-state index contributed by atoms with van der Waals surface area (Å²) in [4.78, 5) is 35.8. The summed E-state index contributed by atoms with van der Waals surface area (Å²) >= 11 is 7.81. The van der Waals surface area contributed by atoms with E-state index in [-0.39, 0.29) is 23.3 Å². The largest absolute Gasteiger partial charge is 0.481 e. The Morgan fingerprint density at radius 1 is 1.43 bits per heavy atom. The lowest BCUT2D eigenvalue weighted by molar-refractivity contribution is -0.143. The summed E-state index contributed by atoms with van der Waals surface area (Å²) in [7, 11) is 0. The van der Waals surface area contributed by atoms with E-state index in [2.05, 4.69) is 15.2 Å². The molecule has 37 heavy (non-hydrogen) atoms. The Morgan fingerprint density at radius 3 is 2.92 bits per heavy atom. The van der Waals surface area contributed by atoms with Crippen LogP contribution in [0.4, 0.5) is 4.39 Å². The Labute approximate surface area is 223 Å². The lowest BCUT2D eigenvalue weighted by atomic mass is 9.95. The third kappa shape index (κ3) is 6.53. The maximum atomic E-state index is 13.9. The number of esters is 1. The van der Waals surface area contributed by atoms with E-state index in [0.29, 0.717) is 54.8 Å². The molecular weight excluding hydrogens is 523 g/mol. The van der Waals surface area contributed by atoms with Crippen LogP contribution >= 0.6 is 22.9 Å². The lowest BCUT2D eigenvalue weighted by Crippen LogP contribution is -2.47. The Balaban J connectivity index is 1.71. The van der Waals surface area contributed by atoms with Gasteiger partial charge in [-0.25, -0.2) is 14.2 Å².